The van der Waals surface area contributed by atoms with E-state index in [4.69, 9.17) is 9.26 Å². The molecule has 0 bridgehead atoms. The number of fused-ring (bicyclic) bond motifs is 1. The van der Waals surface area contributed by atoms with Crippen LogP contribution in [0, 0.1) is 12.8 Å². The van der Waals surface area contributed by atoms with E-state index in [-0.39, 0.29) is 11.9 Å². The molecular formula is C17H24N4O4. The second kappa shape index (κ2) is 8.46. The highest BCUT2D eigenvalue weighted by molar-refractivity contribution is 5.97. The highest BCUT2D eigenvalue weighted by Crippen LogP contribution is 2.16. The number of alkyl carbamates (subject to hydrolysis) is 1. The van der Waals surface area contributed by atoms with E-state index in [0.717, 1.165) is 6.42 Å². The molecule has 1 atom stereocenters. The zero-order valence-corrected chi connectivity index (χ0v) is 15.0. The minimum Gasteiger partial charge on any atom is -0.450 e. The first kappa shape index (κ1) is 18.7. The maximum atomic E-state index is 12.4. The second-order valence-electron chi connectivity index (χ2n) is 6.25. The number of hydrogen-bond donors (Lipinski definition) is 2. The predicted octanol–water partition coefficient (Wildman–Crippen LogP) is 2.42. The van der Waals surface area contributed by atoms with Gasteiger partial charge in [-0.3, -0.25) is 4.79 Å². The Labute approximate surface area is 146 Å². The maximum Gasteiger partial charge on any atom is 0.407 e. The van der Waals surface area contributed by atoms with Crippen LogP contribution >= 0.6 is 0 Å². The molecule has 0 aromatic carbocycles. The Bertz CT molecular complexity index is 741. The van der Waals surface area contributed by atoms with Crippen LogP contribution in [0.3, 0.4) is 0 Å². The Hall–Kier alpha value is -2.64. The number of ether oxygens (including phenoxy) is 1. The minimum atomic E-state index is -0.481. The number of carbonyl (C=O) groups excluding carboxylic acids is 2. The molecule has 1 unspecified atom stereocenters. The van der Waals surface area contributed by atoms with Crippen LogP contribution in [0.1, 0.15) is 43.2 Å². The molecule has 8 heteroatoms. The van der Waals surface area contributed by atoms with Crippen LogP contribution in [-0.2, 0) is 4.74 Å². The van der Waals surface area contributed by atoms with Crippen molar-refractivity contribution in [2.45, 2.75) is 40.2 Å². The van der Waals surface area contributed by atoms with E-state index in [0.29, 0.717) is 41.4 Å². The van der Waals surface area contributed by atoms with Gasteiger partial charge in [0.05, 0.1) is 23.3 Å². The van der Waals surface area contributed by atoms with Crippen molar-refractivity contribution in [2.24, 2.45) is 5.92 Å². The molecule has 8 nitrogen and oxygen atoms in total. The molecule has 2 N–H and O–H groups in total. The lowest BCUT2D eigenvalue weighted by molar-refractivity contribution is 0.0944. The van der Waals surface area contributed by atoms with E-state index in [2.05, 4.69) is 20.8 Å². The Balaban J connectivity index is 2.00. The first-order valence-corrected chi connectivity index (χ1v) is 8.34. The Morgan fingerprint density at radius 2 is 2.12 bits per heavy atom. The Morgan fingerprint density at radius 3 is 2.80 bits per heavy atom. The molecule has 0 saturated heterocycles. The summed E-state index contributed by atoms with van der Waals surface area (Å²) in [5.41, 5.74) is 1.49. The summed E-state index contributed by atoms with van der Waals surface area (Å²) < 4.78 is 9.95. The molecule has 25 heavy (non-hydrogen) atoms. The van der Waals surface area contributed by atoms with Crippen LogP contribution in [0.5, 0.6) is 0 Å². The van der Waals surface area contributed by atoms with Gasteiger partial charge in [-0.05, 0) is 32.3 Å². The van der Waals surface area contributed by atoms with Crippen LogP contribution in [-0.4, -0.2) is 41.3 Å². The van der Waals surface area contributed by atoms with Crippen LogP contribution in [0.2, 0.25) is 0 Å². The summed E-state index contributed by atoms with van der Waals surface area (Å²) in [5, 5.41) is 10.1. The third kappa shape index (κ3) is 5.17. The molecule has 2 aromatic heterocycles. The van der Waals surface area contributed by atoms with Gasteiger partial charge in [0.25, 0.3) is 11.6 Å². The third-order valence-corrected chi connectivity index (χ3v) is 3.63. The van der Waals surface area contributed by atoms with E-state index < -0.39 is 6.09 Å². The van der Waals surface area contributed by atoms with Gasteiger partial charge in [-0.15, -0.1) is 0 Å². The van der Waals surface area contributed by atoms with Gasteiger partial charge in [-0.25, -0.2) is 9.78 Å². The molecule has 136 valence electrons. The average Bonchev–Trinajstić information content (AvgIpc) is 2.92. The van der Waals surface area contributed by atoms with E-state index >= 15 is 0 Å². The van der Waals surface area contributed by atoms with E-state index in [9.17, 15) is 9.59 Å². The standard InChI is InChI=1S/C17H24N4O4/c1-5-24-17(23)20-13(6-10(2)3)9-18-15(22)12-7-14-11(4)21-25-16(14)19-8-12/h7-8,10,13H,5-6,9H2,1-4H3,(H,18,22)(H,20,23). The molecule has 0 aliphatic rings. The number of hydrogen-bond acceptors (Lipinski definition) is 6. The summed E-state index contributed by atoms with van der Waals surface area (Å²) in [4.78, 5) is 28.1. The fraction of sp³-hybridized carbons (Fsp3) is 0.529. The molecule has 0 spiro atoms. The summed E-state index contributed by atoms with van der Waals surface area (Å²) in [5.74, 6) is 0.0934. The number of aryl methyl sites for hydroxylation is 1. The van der Waals surface area contributed by atoms with E-state index in [1.807, 2.05) is 13.8 Å². The lowest BCUT2D eigenvalue weighted by Crippen LogP contribution is -2.44. The van der Waals surface area contributed by atoms with Gasteiger partial charge in [-0.1, -0.05) is 19.0 Å². The summed E-state index contributed by atoms with van der Waals surface area (Å²) in [6, 6.07) is 1.48. The third-order valence-electron chi connectivity index (χ3n) is 3.63. The average molecular weight is 348 g/mol. The topological polar surface area (TPSA) is 106 Å². The van der Waals surface area contributed by atoms with Crippen molar-refractivity contribution in [3.05, 3.63) is 23.5 Å². The van der Waals surface area contributed by atoms with Gasteiger partial charge >= 0.3 is 6.09 Å². The monoisotopic (exact) mass is 348 g/mol. The van der Waals surface area contributed by atoms with Crippen molar-refractivity contribution in [1.82, 2.24) is 20.8 Å². The van der Waals surface area contributed by atoms with Crippen LogP contribution in [0.25, 0.3) is 11.1 Å². The van der Waals surface area contributed by atoms with Crippen LogP contribution < -0.4 is 10.6 Å². The van der Waals surface area contributed by atoms with Crippen molar-refractivity contribution in [2.75, 3.05) is 13.2 Å². The van der Waals surface area contributed by atoms with Crippen molar-refractivity contribution >= 4 is 23.1 Å². The minimum absolute atomic E-state index is 0.211. The van der Waals surface area contributed by atoms with Gasteiger partial charge in [0, 0.05) is 18.8 Å². The fourth-order valence-corrected chi connectivity index (χ4v) is 2.49. The molecule has 2 amide bonds. The molecule has 0 aliphatic carbocycles. The number of pyridine rings is 1. The number of nitrogens with one attached hydrogen (secondary N) is 2. The van der Waals surface area contributed by atoms with Crippen molar-refractivity contribution < 1.29 is 18.8 Å². The largest absolute Gasteiger partial charge is 0.450 e. The maximum absolute atomic E-state index is 12.4. The quantitative estimate of drug-likeness (QED) is 0.796. The normalized spacial score (nSPS) is 12.2. The lowest BCUT2D eigenvalue weighted by atomic mass is 10.0. The first-order valence-electron chi connectivity index (χ1n) is 8.34. The smallest absolute Gasteiger partial charge is 0.407 e. The predicted molar refractivity (Wildman–Crippen MR) is 92.3 cm³/mol. The van der Waals surface area contributed by atoms with Crippen molar-refractivity contribution in [3.63, 3.8) is 0 Å². The van der Waals surface area contributed by atoms with Gasteiger partial charge in [-0.2, -0.15) is 0 Å². The van der Waals surface area contributed by atoms with Crippen LogP contribution in [0.15, 0.2) is 16.8 Å². The Kier molecular flexibility index (Phi) is 6.32. The van der Waals surface area contributed by atoms with Crippen LogP contribution in [0.4, 0.5) is 4.79 Å². The number of amides is 2. The number of aromatic nitrogens is 2. The molecular weight excluding hydrogens is 324 g/mol. The van der Waals surface area contributed by atoms with E-state index in [1.54, 1.807) is 19.9 Å². The summed E-state index contributed by atoms with van der Waals surface area (Å²) >= 11 is 0. The highest BCUT2D eigenvalue weighted by atomic mass is 16.5. The second-order valence-corrected chi connectivity index (χ2v) is 6.25. The number of nitrogens with zero attached hydrogens (tertiary/aromatic N) is 2. The molecule has 2 heterocycles. The first-order chi connectivity index (χ1) is 11.9. The zero-order valence-electron chi connectivity index (χ0n) is 15.0. The zero-order chi connectivity index (χ0) is 18.4. The molecule has 2 rings (SSSR count). The van der Waals surface area contributed by atoms with Gasteiger partial charge in [0.2, 0.25) is 0 Å². The molecule has 2 aromatic rings. The fourth-order valence-electron chi connectivity index (χ4n) is 2.49. The van der Waals surface area contributed by atoms with Crippen molar-refractivity contribution in [1.29, 1.82) is 0 Å². The Morgan fingerprint density at radius 1 is 1.36 bits per heavy atom. The lowest BCUT2D eigenvalue weighted by Gasteiger charge is -2.20. The molecule has 0 aliphatic heterocycles. The molecule has 0 radical (unpaired) electrons. The highest BCUT2D eigenvalue weighted by Gasteiger charge is 2.17. The van der Waals surface area contributed by atoms with Gasteiger partial charge < -0.3 is 19.9 Å². The number of carbonyl (C=O) groups is 2. The van der Waals surface area contributed by atoms with Gasteiger partial charge in [0.1, 0.15) is 0 Å². The summed E-state index contributed by atoms with van der Waals surface area (Å²) in [6.45, 7) is 8.24. The summed E-state index contributed by atoms with van der Waals surface area (Å²) in [7, 11) is 0. The molecule has 0 saturated carbocycles. The SMILES string of the molecule is CCOC(=O)NC(CNC(=O)c1cnc2onc(C)c2c1)CC(C)C. The number of rotatable bonds is 7. The van der Waals surface area contributed by atoms with E-state index in [1.165, 1.54) is 6.20 Å². The van der Waals surface area contributed by atoms with Crippen molar-refractivity contribution in [3.8, 4) is 0 Å². The van der Waals surface area contributed by atoms with Gasteiger partial charge in [0.15, 0.2) is 0 Å². The molecule has 0 fully saturated rings. The summed E-state index contributed by atoms with van der Waals surface area (Å²) in [6.07, 6.45) is 1.69.